The van der Waals surface area contributed by atoms with Crippen LogP contribution in [0.2, 0.25) is 0 Å². The van der Waals surface area contributed by atoms with Crippen LogP contribution < -0.4 is 0 Å². The van der Waals surface area contributed by atoms with Crippen molar-refractivity contribution in [3.8, 4) is 0 Å². The Hall–Kier alpha value is -0.830. The molecule has 0 spiro atoms. The van der Waals surface area contributed by atoms with Crippen LogP contribution in [-0.4, -0.2) is 24.3 Å². The third kappa shape index (κ3) is 2.23. The number of ether oxygens (including phenoxy) is 2. The van der Waals surface area contributed by atoms with Gasteiger partial charge in [-0.05, 0) is 37.7 Å². The highest BCUT2D eigenvalue weighted by Crippen LogP contribution is 2.50. The molecule has 3 nitrogen and oxygen atoms in total. The fraction of sp³-hybridized carbons (Fsp3) is 0.750. The van der Waals surface area contributed by atoms with Crippen molar-refractivity contribution in [3.05, 3.63) is 12.2 Å². The van der Waals surface area contributed by atoms with Crippen molar-refractivity contribution in [1.29, 1.82) is 0 Å². The van der Waals surface area contributed by atoms with Crippen LogP contribution in [0.1, 0.15) is 33.1 Å². The summed E-state index contributed by atoms with van der Waals surface area (Å²) in [7, 11) is 0. The lowest BCUT2D eigenvalue weighted by Gasteiger charge is -2.23. The molecule has 0 aromatic heterocycles. The van der Waals surface area contributed by atoms with E-state index in [0.717, 1.165) is 24.8 Å². The minimum atomic E-state index is -0.237. The van der Waals surface area contributed by atoms with Gasteiger partial charge in [0, 0.05) is 6.92 Å². The van der Waals surface area contributed by atoms with Crippen LogP contribution in [0.25, 0.3) is 0 Å². The minimum absolute atomic E-state index is 0.151. The molecule has 15 heavy (non-hydrogen) atoms. The number of carbonyl (C=O) groups excluding carboxylic acids is 1. The summed E-state index contributed by atoms with van der Waals surface area (Å²) in [5, 5.41) is 0. The van der Waals surface area contributed by atoms with E-state index in [0.29, 0.717) is 18.6 Å². The first-order valence-electron chi connectivity index (χ1n) is 5.50. The van der Waals surface area contributed by atoms with Gasteiger partial charge in [0.05, 0.1) is 11.7 Å². The van der Waals surface area contributed by atoms with Crippen molar-refractivity contribution < 1.29 is 14.3 Å². The van der Waals surface area contributed by atoms with Gasteiger partial charge in [0.25, 0.3) is 0 Å². The van der Waals surface area contributed by atoms with Crippen molar-refractivity contribution in [2.24, 2.45) is 5.92 Å². The van der Waals surface area contributed by atoms with E-state index in [9.17, 15) is 4.79 Å². The van der Waals surface area contributed by atoms with Crippen LogP contribution in [0.15, 0.2) is 12.2 Å². The first-order valence-corrected chi connectivity index (χ1v) is 5.50. The van der Waals surface area contributed by atoms with Crippen molar-refractivity contribution >= 4 is 5.97 Å². The average molecular weight is 210 g/mol. The number of hydrogen-bond acceptors (Lipinski definition) is 3. The molecule has 0 bridgehead atoms. The number of rotatable bonds is 3. The fourth-order valence-corrected chi connectivity index (χ4v) is 2.33. The topological polar surface area (TPSA) is 38.8 Å². The summed E-state index contributed by atoms with van der Waals surface area (Å²) in [4.78, 5) is 10.7. The van der Waals surface area contributed by atoms with Gasteiger partial charge in [-0.25, -0.2) is 0 Å². The summed E-state index contributed by atoms with van der Waals surface area (Å²) in [6.07, 6.45) is 3.65. The summed E-state index contributed by atoms with van der Waals surface area (Å²) in [6.45, 7) is 7.95. The zero-order valence-corrected chi connectivity index (χ0v) is 9.41. The van der Waals surface area contributed by atoms with Gasteiger partial charge in [-0.1, -0.05) is 6.58 Å². The predicted octanol–water partition coefficient (Wildman–Crippen LogP) is 2.06. The minimum Gasteiger partial charge on any atom is -0.461 e. The average Bonchev–Trinajstić information content (AvgIpc) is 2.84. The van der Waals surface area contributed by atoms with Crippen LogP contribution in [0, 0.1) is 5.92 Å². The molecule has 1 saturated heterocycles. The molecular formula is C12H18O3. The van der Waals surface area contributed by atoms with E-state index in [1.807, 2.05) is 0 Å². The molecule has 1 heterocycles. The van der Waals surface area contributed by atoms with E-state index in [-0.39, 0.29) is 11.6 Å². The van der Waals surface area contributed by atoms with E-state index in [1.165, 1.54) is 6.92 Å². The highest BCUT2D eigenvalue weighted by Gasteiger charge is 2.55. The van der Waals surface area contributed by atoms with Gasteiger partial charge in [-0.15, -0.1) is 0 Å². The molecule has 84 valence electrons. The molecule has 1 saturated carbocycles. The highest BCUT2D eigenvalue weighted by molar-refractivity contribution is 5.66. The maximum atomic E-state index is 10.7. The molecule has 2 rings (SSSR count). The second-order valence-corrected chi connectivity index (χ2v) is 4.83. The zero-order valence-electron chi connectivity index (χ0n) is 9.41. The quantitative estimate of drug-likeness (QED) is 0.406. The molecular weight excluding hydrogens is 192 g/mol. The van der Waals surface area contributed by atoms with Crippen molar-refractivity contribution in [3.63, 3.8) is 0 Å². The number of hydrogen-bond donors (Lipinski definition) is 0. The Morgan fingerprint density at radius 1 is 1.67 bits per heavy atom. The summed E-state index contributed by atoms with van der Waals surface area (Å²) < 4.78 is 10.6. The summed E-state index contributed by atoms with van der Waals surface area (Å²) in [6, 6.07) is 0. The lowest BCUT2D eigenvalue weighted by atomic mass is 9.80. The third-order valence-electron chi connectivity index (χ3n) is 3.56. The summed E-state index contributed by atoms with van der Waals surface area (Å²) >= 11 is 0. The van der Waals surface area contributed by atoms with Gasteiger partial charge in [0.2, 0.25) is 0 Å². The van der Waals surface area contributed by atoms with Gasteiger partial charge in [0.1, 0.15) is 6.61 Å². The van der Waals surface area contributed by atoms with E-state index >= 15 is 0 Å². The van der Waals surface area contributed by atoms with Crippen LogP contribution >= 0.6 is 0 Å². The van der Waals surface area contributed by atoms with Gasteiger partial charge in [-0.2, -0.15) is 0 Å². The third-order valence-corrected chi connectivity index (χ3v) is 3.56. The number of carbonyl (C=O) groups is 1. The van der Waals surface area contributed by atoms with E-state index in [1.54, 1.807) is 0 Å². The lowest BCUT2D eigenvalue weighted by molar-refractivity contribution is -0.140. The molecule has 0 radical (unpaired) electrons. The first-order chi connectivity index (χ1) is 7.01. The Morgan fingerprint density at radius 3 is 3.00 bits per heavy atom. The van der Waals surface area contributed by atoms with E-state index < -0.39 is 0 Å². The maximum absolute atomic E-state index is 10.7. The molecule has 0 amide bonds. The van der Waals surface area contributed by atoms with Crippen LogP contribution in [0.3, 0.4) is 0 Å². The molecule has 2 fully saturated rings. The SMILES string of the molecule is C=C(COC(C)=O)[C@H]1CCC2(C)OC2C1. The summed E-state index contributed by atoms with van der Waals surface area (Å²) in [5.41, 5.74) is 1.18. The molecule has 1 aliphatic heterocycles. The molecule has 0 aromatic rings. The molecule has 1 aliphatic carbocycles. The first kappa shape index (κ1) is 10.7. The van der Waals surface area contributed by atoms with E-state index in [2.05, 4.69) is 13.5 Å². The maximum Gasteiger partial charge on any atom is 0.302 e. The predicted molar refractivity (Wildman–Crippen MR) is 56.4 cm³/mol. The van der Waals surface area contributed by atoms with Gasteiger partial charge in [0.15, 0.2) is 0 Å². The van der Waals surface area contributed by atoms with Crippen molar-refractivity contribution in [2.75, 3.05) is 6.61 Å². The van der Waals surface area contributed by atoms with Crippen LogP contribution in [-0.2, 0) is 14.3 Å². The molecule has 0 N–H and O–H groups in total. The Kier molecular flexibility index (Phi) is 2.59. The van der Waals surface area contributed by atoms with Gasteiger partial charge >= 0.3 is 5.97 Å². The Balaban J connectivity index is 1.80. The fourth-order valence-electron chi connectivity index (χ4n) is 2.33. The smallest absolute Gasteiger partial charge is 0.302 e. The van der Waals surface area contributed by atoms with Crippen LogP contribution in [0.5, 0.6) is 0 Å². The molecule has 3 atom stereocenters. The van der Waals surface area contributed by atoms with Crippen LogP contribution in [0.4, 0.5) is 0 Å². The highest BCUT2D eigenvalue weighted by atomic mass is 16.6. The Morgan fingerprint density at radius 2 is 2.40 bits per heavy atom. The van der Waals surface area contributed by atoms with E-state index in [4.69, 9.17) is 9.47 Å². The summed E-state index contributed by atoms with van der Waals surface area (Å²) in [5.74, 6) is 0.226. The van der Waals surface area contributed by atoms with Gasteiger partial charge < -0.3 is 9.47 Å². The monoisotopic (exact) mass is 210 g/mol. The Labute approximate surface area is 90.4 Å². The lowest BCUT2D eigenvalue weighted by Crippen LogP contribution is -2.23. The largest absolute Gasteiger partial charge is 0.461 e. The molecule has 2 aliphatic rings. The second-order valence-electron chi connectivity index (χ2n) is 4.83. The molecule has 2 unspecified atom stereocenters. The zero-order chi connectivity index (χ0) is 11.1. The normalized spacial score (nSPS) is 38.0. The Bertz CT molecular complexity index is 297. The second kappa shape index (κ2) is 3.63. The number of esters is 1. The molecule has 0 aromatic carbocycles. The number of epoxide rings is 1. The van der Waals surface area contributed by atoms with Crippen molar-refractivity contribution in [1.82, 2.24) is 0 Å². The molecule has 3 heteroatoms. The van der Waals surface area contributed by atoms with Gasteiger partial charge in [-0.3, -0.25) is 4.79 Å². The standard InChI is InChI=1S/C12H18O3/c1-8(7-14-9(2)13)10-4-5-12(3)11(6-10)15-12/h10-11H,1,4-7H2,2-3H3/t10-,11?,12?/m0/s1. The number of fused-ring (bicyclic) bond motifs is 1. The van der Waals surface area contributed by atoms with Crippen molar-refractivity contribution in [2.45, 2.75) is 44.8 Å².